The van der Waals surface area contributed by atoms with E-state index >= 15 is 0 Å². The lowest BCUT2D eigenvalue weighted by atomic mass is 10.1. The van der Waals surface area contributed by atoms with Crippen molar-refractivity contribution in [2.45, 2.75) is 20.3 Å². The average molecular weight is 520 g/mol. The third kappa shape index (κ3) is 7.97. The Balaban J connectivity index is 1.89. The molecule has 0 radical (unpaired) electrons. The topological polar surface area (TPSA) is 88.7 Å². The predicted octanol–water partition coefficient (Wildman–Crippen LogP) is 4.39. The quantitative estimate of drug-likeness (QED) is 0.258. The number of amides is 2. The van der Waals surface area contributed by atoms with Crippen molar-refractivity contribution < 1.29 is 19.1 Å². The molecule has 0 aliphatic rings. The molecule has 0 saturated carbocycles. The first-order valence-corrected chi connectivity index (χ1v) is 11.2. The molecular weight excluding hydrogens is 494 g/mol. The molecule has 2 aromatic rings. The molecular formula is C23H26BrN3O4S. The Morgan fingerprint density at radius 1 is 1.09 bits per heavy atom. The molecule has 170 valence electrons. The first-order chi connectivity index (χ1) is 15.3. The van der Waals surface area contributed by atoms with E-state index in [0.717, 1.165) is 6.42 Å². The van der Waals surface area contributed by atoms with Crippen molar-refractivity contribution in [1.82, 2.24) is 16.2 Å². The molecule has 0 bridgehead atoms. The normalized spacial score (nSPS) is 10.2. The number of hydrogen-bond donors (Lipinski definition) is 3. The van der Waals surface area contributed by atoms with Crippen molar-refractivity contribution in [1.29, 1.82) is 0 Å². The summed E-state index contributed by atoms with van der Waals surface area (Å²) in [4.78, 5) is 24.9. The van der Waals surface area contributed by atoms with Gasteiger partial charge in [-0.25, -0.2) is 0 Å². The summed E-state index contributed by atoms with van der Waals surface area (Å²) in [6.07, 6.45) is 2.52. The summed E-state index contributed by atoms with van der Waals surface area (Å²) < 4.78 is 11.9. The Hall–Kier alpha value is -2.91. The van der Waals surface area contributed by atoms with Gasteiger partial charge in [0.15, 0.2) is 5.11 Å². The summed E-state index contributed by atoms with van der Waals surface area (Å²) in [5.74, 6) is 0.712. The molecule has 3 N–H and O–H groups in total. The molecule has 2 aromatic carbocycles. The molecule has 32 heavy (non-hydrogen) atoms. The first-order valence-electron chi connectivity index (χ1n) is 9.98. The summed E-state index contributed by atoms with van der Waals surface area (Å²) in [6, 6.07) is 11.8. The molecule has 0 fully saturated rings. The summed E-state index contributed by atoms with van der Waals surface area (Å²) in [7, 11) is 0. The molecule has 0 heterocycles. The van der Waals surface area contributed by atoms with Crippen LogP contribution in [0, 0.1) is 5.92 Å². The summed E-state index contributed by atoms with van der Waals surface area (Å²) >= 11 is 8.52. The van der Waals surface area contributed by atoms with Gasteiger partial charge in [-0.1, -0.05) is 38.6 Å². The van der Waals surface area contributed by atoms with Gasteiger partial charge >= 0.3 is 0 Å². The molecule has 0 aliphatic heterocycles. The Labute approximate surface area is 201 Å². The molecule has 7 nitrogen and oxygen atoms in total. The lowest BCUT2D eigenvalue weighted by Crippen LogP contribution is -2.48. The highest BCUT2D eigenvalue weighted by Crippen LogP contribution is 2.26. The van der Waals surface area contributed by atoms with E-state index in [0.29, 0.717) is 39.6 Å². The van der Waals surface area contributed by atoms with Gasteiger partial charge in [-0.15, -0.1) is 0 Å². The number of halogens is 1. The van der Waals surface area contributed by atoms with Gasteiger partial charge in [0.05, 0.1) is 16.6 Å². The van der Waals surface area contributed by atoms with Crippen LogP contribution in [-0.4, -0.2) is 30.1 Å². The van der Waals surface area contributed by atoms with Crippen LogP contribution in [0.15, 0.2) is 59.6 Å². The van der Waals surface area contributed by atoms with Gasteiger partial charge in [0.1, 0.15) is 18.1 Å². The fourth-order valence-electron chi connectivity index (χ4n) is 2.48. The fourth-order valence-corrected chi connectivity index (χ4v) is 3.12. The van der Waals surface area contributed by atoms with E-state index in [1.807, 2.05) is 0 Å². The number of hydrogen-bond acceptors (Lipinski definition) is 5. The zero-order chi connectivity index (χ0) is 23.5. The number of para-hydroxylation sites is 1. The van der Waals surface area contributed by atoms with Crippen molar-refractivity contribution in [3.8, 4) is 11.5 Å². The van der Waals surface area contributed by atoms with Crippen LogP contribution in [0.1, 0.15) is 41.0 Å². The second-order valence-corrected chi connectivity index (χ2v) is 8.40. The SMILES string of the molecule is C=CCOc1ccccc1C(=O)NNC(=S)NC(=O)c1ccc(OCCC(C)C)c(Br)c1. The van der Waals surface area contributed by atoms with Gasteiger partial charge < -0.3 is 9.47 Å². The minimum atomic E-state index is -0.466. The third-order valence-corrected chi connectivity index (χ3v) is 4.98. The molecule has 0 spiro atoms. The predicted molar refractivity (Wildman–Crippen MR) is 132 cm³/mol. The minimum Gasteiger partial charge on any atom is -0.492 e. The summed E-state index contributed by atoms with van der Waals surface area (Å²) in [5.41, 5.74) is 5.66. The molecule has 0 aromatic heterocycles. The van der Waals surface area contributed by atoms with E-state index in [4.69, 9.17) is 21.7 Å². The minimum absolute atomic E-state index is 0.0544. The fraction of sp³-hybridized carbons (Fsp3) is 0.261. The van der Waals surface area contributed by atoms with E-state index in [2.05, 4.69) is 52.5 Å². The van der Waals surface area contributed by atoms with Crippen LogP contribution in [0.2, 0.25) is 0 Å². The zero-order valence-corrected chi connectivity index (χ0v) is 20.3. The molecule has 0 atom stereocenters. The van der Waals surface area contributed by atoms with Crippen molar-refractivity contribution in [3.05, 3.63) is 70.7 Å². The van der Waals surface area contributed by atoms with Crippen molar-refractivity contribution in [3.63, 3.8) is 0 Å². The van der Waals surface area contributed by atoms with Crippen LogP contribution in [0.3, 0.4) is 0 Å². The number of benzene rings is 2. The highest BCUT2D eigenvalue weighted by atomic mass is 79.9. The van der Waals surface area contributed by atoms with Gasteiger partial charge in [-0.3, -0.25) is 25.8 Å². The Kier molecular flexibility index (Phi) is 10.2. The number of ether oxygens (including phenoxy) is 2. The number of nitrogens with one attached hydrogen (secondary N) is 3. The number of carbonyl (C=O) groups excluding carboxylic acids is 2. The molecule has 0 unspecified atom stereocenters. The van der Waals surface area contributed by atoms with Crippen LogP contribution in [0.4, 0.5) is 0 Å². The molecule has 2 rings (SSSR count). The average Bonchev–Trinajstić information content (AvgIpc) is 2.77. The maximum atomic E-state index is 12.5. The van der Waals surface area contributed by atoms with E-state index in [1.165, 1.54) is 0 Å². The summed E-state index contributed by atoms with van der Waals surface area (Å²) in [5, 5.41) is 2.46. The van der Waals surface area contributed by atoms with E-state index < -0.39 is 11.8 Å². The standard InChI is InChI=1S/C23H26BrN3O4S/c1-4-12-30-19-8-6-5-7-17(19)22(29)26-27-23(32)25-21(28)16-9-10-20(18(24)14-16)31-13-11-15(2)3/h4-10,14-15H,1,11-13H2,2-3H3,(H,26,29)(H2,25,27,28,32). The van der Waals surface area contributed by atoms with Gasteiger partial charge in [0, 0.05) is 5.56 Å². The van der Waals surface area contributed by atoms with Gasteiger partial charge in [0.25, 0.3) is 11.8 Å². The molecule has 9 heteroatoms. The van der Waals surface area contributed by atoms with Crippen molar-refractivity contribution >= 4 is 45.1 Å². The van der Waals surface area contributed by atoms with Crippen LogP contribution >= 0.6 is 28.1 Å². The smallest absolute Gasteiger partial charge is 0.273 e. The maximum Gasteiger partial charge on any atom is 0.273 e. The highest BCUT2D eigenvalue weighted by Gasteiger charge is 2.14. The molecule has 0 saturated heterocycles. The van der Waals surface area contributed by atoms with E-state index in [1.54, 1.807) is 48.5 Å². The molecule has 2 amide bonds. The maximum absolute atomic E-state index is 12.5. The first kappa shape index (κ1) is 25.4. The molecule has 0 aliphatic carbocycles. The highest BCUT2D eigenvalue weighted by molar-refractivity contribution is 9.10. The third-order valence-electron chi connectivity index (χ3n) is 4.15. The number of rotatable bonds is 9. The number of carbonyl (C=O) groups is 2. The Morgan fingerprint density at radius 2 is 1.84 bits per heavy atom. The van der Waals surface area contributed by atoms with Gasteiger partial charge in [-0.05, 0) is 70.8 Å². The van der Waals surface area contributed by atoms with Crippen LogP contribution < -0.4 is 25.6 Å². The Bertz CT molecular complexity index is 981. The lowest BCUT2D eigenvalue weighted by molar-refractivity contribution is 0.0931. The van der Waals surface area contributed by atoms with Gasteiger partial charge in [-0.2, -0.15) is 0 Å². The van der Waals surface area contributed by atoms with Crippen LogP contribution in [0.5, 0.6) is 11.5 Å². The van der Waals surface area contributed by atoms with Crippen molar-refractivity contribution in [2.24, 2.45) is 5.92 Å². The second-order valence-electron chi connectivity index (χ2n) is 7.13. The van der Waals surface area contributed by atoms with Crippen LogP contribution in [-0.2, 0) is 0 Å². The van der Waals surface area contributed by atoms with E-state index in [-0.39, 0.29) is 11.7 Å². The largest absolute Gasteiger partial charge is 0.492 e. The van der Waals surface area contributed by atoms with E-state index in [9.17, 15) is 9.59 Å². The van der Waals surface area contributed by atoms with Crippen molar-refractivity contribution in [2.75, 3.05) is 13.2 Å². The number of hydrazine groups is 1. The lowest BCUT2D eigenvalue weighted by Gasteiger charge is -2.14. The van der Waals surface area contributed by atoms with Gasteiger partial charge in [0.2, 0.25) is 0 Å². The second kappa shape index (κ2) is 12.8. The zero-order valence-electron chi connectivity index (χ0n) is 17.9. The number of thiocarbonyl (C=S) groups is 1. The van der Waals surface area contributed by atoms with Crippen LogP contribution in [0.25, 0.3) is 0 Å². The Morgan fingerprint density at radius 3 is 2.53 bits per heavy atom. The monoisotopic (exact) mass is 519 g/mol. The summed E-state index contributed by atoms with van der Waals surface area (Å²) in [6.45, 7) is 8.70.